The van der Waals surface area contributed by atoms with Crippen molar-refractivity contribution in [3.63, 3.8) is 0 Å². The Kier molecular flexibility index (Phi) is 7.38. The molecule has 34 heavy (non-hydrogen) atoms. The monoisotopic (exact) mass is 486 g/mol. The number of benzene rings is 2. The maximum absolute atomic E-state index is 13.0. The summed E-state index contributed by atoms with van der Waals surface area (Å²) in [5.74, 6) is -0.221. The van der Waals surface area contributed by atoms with Crippen molar-refractivity contribution in [2.45, 2.75) is 43.0 Å². The van der Waals surface area contributed by atoms with Crippen LogP contribution in [0.25, 0.3) is 0 Å². The third-order valence-corrected chi connectivity index (χ3v) is 7.82. The zero-order valence-electron chi connectivity index (χ0n) is 19.2. The number of carbonyl (C=O) groups excluding carboxylic acids is 2. The summed E-state index contributed by atoms with van der Waals surface area (Å²) in [5.41, 5.74) is 1.28. The van der Waals surface area contributed by atoms with Crippen LogP contribution in [0.4, 0.5) is 11.4 Å². The number of rotatable bonds is 9. The number of nitrogens with one attached hydrogen (secondary N) is 3. The number of nitrogens with zero attached hydrogens (tertiary/aromatic N) is 1. The highest BCUT2D eigenvalue weighted by Gasteiger charge is 2.27. The minimum absolute atomic E-state index is 0.111. The Bertz CT molecular complexity index is 1160. The van der Waals surface area contributed by atoms with Crippen LogP contribution < -0.4 is 20.7 Å². The maximum atomic E-state index is 13.0. The summed E-state index contributed by atoms with van der Waals surface area (Å²) < 4.78 is 32.9. The highest BCUT2D eigenvalue weighted by Crippen LogP contribution is 2.30. The first-order chi connectivity index (χ1) is 16.4. The summed E-state index contributed by atoms with van der Waals surface area (Å²) in [6.07, 6.45) is 4.67. The zero-order valence-corrected chi connectivity index (χ0v) is 20.0. The number of anilines is 2. The highest BCUT2D eigenvalue weighted by molar-refractivity contribution is 7.89. The van der Waals surface area contributed by atoms with Gasteiger partial charge in [-0.15, -0.1) is 0 Å². The molecule has 0 aromatic heterocycles. The van der Waals surface area contributed by atoms with Gasteiger partial charge in [0, 0.05) is 24.8 Å². The summed E-state index contributed by atoms with van der Waals surface area (Å²) in [4.78, 5) is 25.3. The van der Waals surface area contributed by atoms with Crippen molar-refractivity contribution < 1.29 is 22.7 Å². The Morgan fingerprint density at radius 2 is 1.76 bits per heavy atom. The second kappa shape index (κ2) is 10.4. The van der Waals surface area contributed by atoms with Crippen molar-refractivity contribution in [1.82, 2.24) is 9.62 Å². The number of para-hydroxylation sites is 1. The van der Waals surface area contributed by atoms with E-state index in [1.165, 1.54) is 29.6 Å². The molecular formula is C24H30N4O5S. The lowest BCUT2D eigenvalue weighted by atomic mass is 10.1. The van der Waals surface area contributed by atoms with Gasteiger partial charge in [0.1, 0.15) is 5.75 Å². The van der Waals surface area contributed by atoms with E-state index < -0.39 is 15.9 Å². The van der Waals surface area contributed by atoms with Crippen LogP contribution in [0.15, 0.2) is 47.4 Å². The van der Waals surface area contributed by atoms with Crippen molar-refractivity contribution in [3.8, 4) is 5.75 Å². The quantitative estimate of drug-likeness (QED) is 0.502. The molecule has 4 rings (SSSR count). The molecule has 2 aromatic rings. The van der Waals surface area contributed by atoms with Gasteiger partial charge in [-0.05, 0) is 56.0 Å². The first-order valence-electron chi connectivity index (χ1n) is 11.5. The normalized spacial score (nSPS) is 16.5. The van der Waals surface area contributed by atoms with Crippen molar-refractivity contribution >= 4 is 33.2 Å². The van der Waals surface area contributed by atoms with Gasteiger partial charge >= 0.3 is 0 Å². The number of methoxy groups -OCH3 is 1. The number of carbonyl (C=O) groups is 2. The fraction of sp³-hybridized carbons (Fsp3) is 0.417. The molecule has 0 atom stereocenters. The third kappa shape index (κ3) is 5.68. The van der Waals surface area contributed by atoms with Crippen molar-refractivity contribution in [2.75, 3.05) is 37.4 Å². The molecule has 182 valence electrons. The average molecular weight is 487 g/mol. The predicted octanol–water partition coefficient (Wildman–Crippen LogP) is 2.81. The molecule has 1 saturated heterocycles. The predicted molar refractivity (Wildman–Crippen MR) is 130 cm³/mol. The summed E-state index contributed by atoms with van der Waals surface area (Å²) in [6.45, 7) is 0.876. The van der Waals surface area contributed by atoms with Gasteiger partial charge < -0.3 is 20.7 Å². The van der Waals surface area contributed by atoms with Crippen LogP contribution in [0.1, 0.15) is 42.5 Å². The molecule has 2 fully saturated rings. The Hall–Kier alpha value is -3.11. The topological polar surface area (TPSA) is 117 Å². The fourth-order valence-electron chi connectivity index (χ4n) is 3.90. The molecule has 1 saturated carbocycles. The SMILES string of the molecule is COc1ccc(S(=O)(=O)N2CCCCC2)cc1NC(=O)CNc1ccccc1C(=O)NC1CC1. The summed E-state index contributed by atoms with van der Waals surface area (Å²) >= 11 is 0. The van der Waals surface area contributed by atoms with Gasteiger partial charge in [0.15, 0.2) is 0 Å². The van der Waals surface area contributed by atoms with Gasteiger partial charge in [-0.1, -0.05) is 18.6 Å². The Morgan fingerprint density at radius 3 is 2.47 bits per heavy atom. The van der Waals surface area contributed by atoms with E-state index in [1.807, 2.05) is 0 Å². The minimum atomic E-state index is -3.65. The zero-order chi connectivity index (χ0) is 24.1. The number of piperidine rings is 1. The van der Waals surface area contributed by atoms with E-state index in [1.54, 1.807) is 24.3 Å². The number of sulfonamides is 1. The molecule has 1 heterocycles. The third-order valence-electron chi connectivity index (χ3n) is 5.92. The van der Waals surface area contributed by atoms with E-state index in [4.69, 9.17) is 4.74 Å². The molecule has 0 radical (unpaired) electrons. The Morgan fingerprint density at radius 1 is 1.03 bits per heavy atom. The van der Waals surface area contributed by atoms with E-state index in [2.05, 4.69) is 16.0 Å². The first kappa shape index (κ1) is 24.0. The van der Waals surface area contributed by atoms with Crippen molar-refractivity contribution in [3.05, 3.63) is 48.0 Å². The van der Waals surface area contributed by atoms with Crippen LogP contribution in [0.2, 0.25) is 0 Å². The second-order valence-electron chi connectivity index (χ2n) is 8.52. The number of amides is 2. The van der Waals surface area contributed by atoms with E-state index >= 15 is 0 Å². The molecule has 2 aliphatic rings. The number of hydrogen-bond donors (Lipinski definition) is 3. The molecule has 1 aliphatic heterocycles. The van der Waals surface area contributed by atoms with Crippen LogP contribution >= 0.6 is 0 Å². The Balaban J connectivity index is 1.45. The maximum Gasteiger partial charge on any atom is 0.253 e. The van der Waals surface area contributed by atoms with E-state index in [0.29, 0.717) is 30.1 Å². The molecule has 1 aliphatic carbocycles. The second-order valence-corrected chi connectivity index (χ2v) is 10.5. The standard InChI is InChI=1S/C24H30N4O5S/c1-33-22-12-11-18(34(31,32)28-13-5-2-6-14-28)15-21(22)27-23(29)16-25-20-8-4-3-7-19(20)24(30)26-17-9-10-17/h3-4,7-8,11-12,15,17,25H,2,5-6,9-10,13-14,16H2,1H3,(H,26,30)(H,27,29). The summed E-state index contributed by atoms with van der Waals surface area (Å²) in [6, 6.07) is 11.7. The number of ether oxygens (including phenoxy) is 1. The lowest BCUT2D eigenvalue weighted by molar-refractivity contribution is -0.114. The average Bonchev–Trinajstić information content (AvgIpc) is 3.67. The van der Waals surface area contributed by atoms with Gasteiger partial charge in [0.2, 0.25) is 15.9 Å². The molecular weight excluding hydrogens is 456 g/mol. The summed E-state index contributed by atoms with van der Waals surface area (Å²) in [7, 11) is -2.20. The lowest BCUT2D eigenvalue weighted by Gasteiger charge is -2.26. The van der Waals surface area contributed by atoms with Crippen molar-refractivity contribution in [1.29, 1.82) is 0 Å². The van der Waals surface area contributed by atoms with Crippen LogP contribution in [-0.4, -0.2) is 57.3 Å². The summed E-state index contributed by atoms with van der Waals surface area (Å²) in [5, 5.41) is 8.67. The minimum Gasteiger partial charge on any atom is -0.495 e. The molecule has 0 spiro atoms. The molecule has 0 unspecified atom stereocenters. The van der Waals surface area contributed by atoms with Gasteiger partial charge in [-0.2, -0.15) is 4.31 Å². The van der Waals surface area contributed by atoms with Crippen LogP contribution in [0, 0.1) is 0 Å². The lowest BCUT2D eigenvalue weighted by Crippen LogP contribution is -2.35. The van der Waals surface area contributed by atoms with Gasteiger partial charge in [-0.3, -0.25) is 9.59 Å². The largest absolute Gasteiger partial charge is 0.495 e. The van der Waals surface area contributed by atoms with Crippen molar-refractivity contribution in [2.24, 2.45) is 0 Å². The molecule has 9 nitrogen and oxygen atoms in total. The molecule has 10 heteroatoms. The van der Waals surface area contributed by atoms with E-state index in [-0.39, 0.29) is 29.1 Å². The first-order valence-corrected chi connectivity index (χ1v) is 12.9. The molecule has 2 aromatic carbocycles. The van der Waals surface area contributed by atoms with Crippen LogP contribution in [-0.2, 0) is 14.8 Å². The Labute approximate surface area is 199 Å². The number of hydrogen-bond acceptors (Lipinski definition) is 6. The van der Waals surface area contributed by atoms with Gasteiger partial charge in [0.05, 0.1) is 29.8 Å². The smallest absolute Gasteiger partial charge is 0.253 e. The van der Waals surface area contributed by atoms with Gasteiger partial charge in [0.25, 0.3) is 5.91 Å². The molecule has 2 amide bonds. The van der Waals surface area contributed by atoms with Gasteiger partial charge in [-0.25, -0.2) is 8.42 Å². The van der Waals surface area contributed by atoms with Crippen LogP contribution in [0.5, 0.6) is 5.75 Å². The van der Waals surface area contributed by atoms with E-state index in [0.717, 1.165) is 32.1 Å². The highest BCUT2D eigenvalue weighted by atomic mass is 32.2. The fourth-order valence-corrected chi connectivity index (χ4v) is 5.44. The van der Waals surface area contributed by atoms with Crippen LogP contribution in [0.3, 0.4) is 0 Å². The molecule has 3 N–H and O–H groups in total. The van der Waals surface area contributed by atoms with E-state index in [9.17, 15) is 18.0 Å². The molecule has 0 bridgehead atoms.